The summed E-state index contributed by atoms with van der Waals surface area (Å²) in [5, 5.41) is 8.77. The highest BCUT2D eigenvalue weighted by Crippen LogP contribution is 2.08. The number of halogens is 1. The van der Waals surface area contributed by atoms with Crippen molar-refractivity contribution in [1.29, 1.82) is 0 Å². The molecule has 132 valence electrons. The van der Waals surface area contributed by atoms with Crippen molar-refractivity contribution in [2.75, 3.05) is 7.05 Å². The van der Waals surface area contributed by atoms with E-state index in [0.29, 0.717) is 0 Å². The van der Waals surface area contributed by atoms with Gasteiger partial charge in [0.1, 0.15) is 0 Å². The van der Waals surface area contributed by atoms with Crippen LogP contribution in [-0.4, -0.2) is 22.6 Å². The lowest BCUT2D eigenvalue weighted by Gasteiger charge is -2.12. The Kier molecular flexibility index (Phi) is 7.93. The maximum absolute atomic E-state index is 4.27. The summed E-state index contributed by atoms with van der Waals surface area (Å²) in [7, 11) is 1.79. The minimum atomic E-state index is 0. The minimum absolute atomic E-state index is 0. The van der Waals surface area contributed by atoms with Crippen LogP contribution in [-0.2, 0) is 19.6 Å². The number of nitrogens with zero attached hydrogens (tertiary/aromatic N) is 3. The average molecular weight is 467 g/mol. The van der Waals surface area contributed by atoms with E-state index in [2.05, 4.69) is 67.0 Å². The zero-order chi connectivity index (χ0) is 16.6. The van der Waals surface area contributed by atoms with Crippen molar-refractivity contribution >= 4 is 41.3 Å². The molecule has 0 saturated carbocycles. The first-order chi connectivity index (χ1) is 11.8. The van der Waals surface area contributed by atoms with Gasteiger partial charge < -0.3 is 15.2 Å². The molecule has 0 radical (unpaired) electrons. The molecule has 0 fully saturated rings. The molecule has 7 heteroatoms. The Bertz CT molecular complexity index is 769. The number of benzene rings is 1. The molecule has 2 aromatic heterocycles. The van der Waals surface area contributed by atoms with Crippen LogP contribution in [0.4, 0.5) is 0 Å². The Morgan fingerprint density at radius 2 is 2.00 bits per heavy atom. The van der Waals surface area contributed by atoms with E-state index in [0.717, 1.165) is 25.6 Å². The lowest BCUT2D eigenvalue weighted by molar-refractivity contribution is 0.788. The first-order valence-corrected chi connectivity index (χ1v) is 8.72. The zero-order valence-corrected chi connectivity index (χ0v) is 17.2. The maximum atomic E-state index is 4.27. The number of rotatable bonds is 6. The molecule has 0 aliphatic carbocycles. The number of hydrogen-bond acceptors (Lipinski definition) is 3. The van der Waals surface area contributed by atoms with Crippen molar-refractivity contribution < 1.29 is 0 Å². The molecule has 2 heterocycles. The zero-order valence-electron chi connectivity index (χ0n) is 14.1. The quantitative estimate of drug-likeness (QED) is 0.332. The lowest BCUT2D eigenvalue weighted by Crippen LogP contribution is -2.36. The summed E-state index contributed by atoms with van der Waals surface area (Å²) in [5.41, 5.74) is 2.49. The Labute approximate surface area is 169 Å². The second kappa shape index (κ2) is 10.2. The van der Waals surface area contributed by atoms with Gasteiger partial charge in [0.05, 0.1) is 12.9 Å². The van der Waals surface area contributed by atoms with Crippen molar-refractivity contribution in [3.8, 4) is 0 Å². The van der Waals surface area contributed by atoms with Gasteiger partial charge in [0, 0.05) is 37.4 Å². The number of nitrogens with one attached hydrogen (secondary N) is 2. The molecule has 3 rings (SSSR count). The Morgan fingerprint density at radius 1 is 1.16 bits per heavy atom. The lowest BCUT2D eigenvalue weighted by atomic mass is 10.1. The first-order valence-electron chi connectivity index (χ1n) is 7.84. The SMILES string of the molecule is CN=C(NCc1cccc(Cn2ccnc2)c1)NCc1cccs1.I. The Balaban J connectivity index is 0.00000225. The molecule has 2 N–H and O–H groups in total. The van der Waals surface area contributed by atoms with Gasteiger partial charge >= 0.3 is 0 Å². The van der Waals surface area contributed by atoms with Crippen LogP contribution in [0, 0.1) is 0 Å². The standard InChI is InChI=1S/C18H21N5S.HI/c1-19-18(22-12-17-6-3-9-24-17)21-11-15-4-2-5-16(10-15)13-23-8-7-20-14-23;/h2-10,14H,11-13H2,1H3,(H2,19,21,22);1H. The van der Waals surface area contributed by atoms with E-state index in [9.17, 15) is 0 Å². The molecule has 3 aromatic rings. The summed E-state index contributed by atoms with van der Waals surface area (Å²) in [6, 6.07) is 12.7. The van der Waals surface area contributed by atoms with Crippen LogP contribution >= 0.6 is 35.3 Å². The summed E-state index contributed by atoms with van der Waals surface area (Å²) in [5.74, 6) is 0.809. The van der Waals surface area contributed by atoms with Crippen molar-refractivity contribution in [3.63, 3.8) is 0 Å². The van der Waals surface area contributed by atoms with E-state index >= 15 is 0 Å². The molecule has 25 heavy (non-hydrogen) atoms. The highest BCUT2D eigenvalue weighted by atomic mass is 127. The first kappa shape index (κ1) is 19.5. The van der Waals surface area contributed by atoms with Crippen LogP contribution in [0.3, 0.4) is 0 Å². The third-order valence-corrected chi connectivity index (χ3v) is 4.49. The van der Waals surface area contributed by atoms with Crippen molar-refractivity contribution in [3.05, 3.63) is 76.5 Å². The summed E-state index contributed by atoms with van der Waals surface area (Å²) >= 11 is 1.74. The van der Waals surface area contributed by atoms with Gasteiger partial charge in [-0.15, -0.1) is 35.3 Å². The molecule has 0 aliphatic heterocycles. The van der Waals surface area contributed by atoms with Crippen molar-refractivity contribution in [2.45, 2.75) is 19.6 Å². The third-order valence-electron chi connectivity index (χ3n) is 3.61. The molecule has 0 amide bonds. The van der Waals surface area contributed by atoms with E-state index in [1.807, 2.05) is 12.5 Å². The van der Waals surface area contributed by atoms with Gasteiger partial charge in [0.25, 0.3) is 0 Å². The predicted molar refractivity (Wildman–Crippen MR) is 115 cm³/mol. The van der Waals surface area contributed by atoms with Crippen molar-refractivity contribution in [2.24, 2.45) is 4.99 Å². The van der Waals surface area contributed by atoms with E-state index in [1.54, 1.807) is 24.6 Å². The summed E-state index contributed by atoms with van der Waals surface area (Å²) in [4.78, 5) is 9.64. The fraction of sp³-hybridized carbons (Fsp3) is 0.222. The highest BCUT2D eigenvalue weighted by Gasteiger charge is 2.01. The van der Waals surface area contributed by atoms with Crippen LogP contribution in [0.25, 0.3) is 0 Å². The molecule has 5 nitrogen and oxygen atoms in total. The maximum Gasteiger partial charge on any atom is 0.191 e. The highest BCUT2D eigenvalue weighted by molar-refractivity contribution is 14.0. The molecule has 0 bridgehead atoms. The topological polar surface area (TPSA) is 54.2 Å². The fourth-order valence-corrected chi connectivity index (χ4v) is 3.06. The van der Waals surface area contributed by atoms with E-state index < -0.39 is 0 Å². The smallest absolute Gasteiger partial charge is 0.191 e. The van der Waals surface area contributed by atoms with Gasteiger partial charge in [-0.25, -0.2) is 4.98 Å². The monoisotopic (exact) mass is 467 g/mol. The summed E-state index contributed by atoms with van der Waals surface area (Å²) in [6.45, 7) is 2.36. The number of hydrogen-bond donors (Lipinski definition) is 2. The van der Waals surface area contributed by atoms with Gasteiger partial charge in [-0.3, -0.25) is 4.99 Å². The summed E-state index contributed by atoms with van der Waals surface area (Å²) in [6.07, 6.45) is 5.61. The van der Waals surface area contributed by atoms with Crippen LogP contribution in [0.1, 0.15) is 16.0 Å². The van der Waals surface area contributed by atoms with Gasteiger partial charge in [0.2, 0.25) is 0 Å². The molecular formula is C18H22IN5S. The molecular weight excluding hydrogens is 445 g/mol. The number of thiophene rings is 1. The average Bonchev–Trinajstić information content (AvgIpc) is 3.29. The van der Waals surface area contributed by atoms with Crippen LogP contribution < -0.4 is 10.6 Å². The molecule has 0 spiro atoms. The van der Waals surface area contributed by atoms with Crippen molar-refractivity contribution in [1.82, 2.24) is 20.2 Å². The van der Waals surface area contributed by atoms with Gasteiger partial charge in [0.15, 0.2) is 5.96 Å². The number of aromatic nitrogens is 2. The Hall–Kier alpha value is -1.87. The molecule has 1 aromatic carbocycles. The van der Waals surface area contributed by atoms with Crippen LogP contribution in [0.15, 0.2) is 65.5 Å². The fourth-order valence-electron chi connectivity index (χ4n) is 2.42. The van der Waals surface area contributed by atoms with E-state index in [1.165, 1.54) is 16.0 Å². The molecule has 0 aliphatic rings. The number of guanidine groups is 1. The second-order valence-electron chi connectivity index (χ2n) is 5.41. The van der Waals surface area contributed by atoms with Crippen LogP contribution in [0.2, 0.25) is 0 Å². The number of aliphatic imine (C=N–C) groups is 1. The molecule has 0 unspecified atom stereocenters. The predicted octanol–water partition coefficient (Wildman–Crippen LogP) is 3.48. The van der Waals surface area contributed by atoms with E-state index in [4.69, 9.17) is 0 Å². The second-order valence-corrected chi connectivity index (χ2v) is 6.45. The van der Waals surface area contributed by atoms with Gasteiger partial charge in [-0.1, -0.05) is 30.3 Å². The van der Waals surface area contributed by atoms with Gasteiger partial charge in [-0.2, -0.15) is 0 Å². The molecule has 0 atom stereocenters. The van der Waals surface area contributed by atoms with Gasteiger partial charge in [-0.05, 0) is 22.6 Å². The number of imidazole rings is 1. The Morgan fingerprint density at radius 3 is 2.72 bits per heavy atom. The summed E-state index contributed by atoms with van der Waals surface area (Å²) < 4.78 is 2.06. The minimum Gasteiger partial charge on any atom is -0.352 e. The molecule has 0 saturated heterocycles. The van der Waals surface area contributed by atoms with E-state index in [-0.39, 0.29) is 24.0 Å². The van der Waals surface area contributed by atoms with Crippen LogP contribution in [0.5, 0.6) is 0 Å². The normalized spacial score (nSPS) is 11.0. The largest absolute Gasteiger partial charge is 0.352 e. The third kappa shape index (κ3) is 6.17.